The average molecular weight is 130 g/mol. The van der Waals surface area contributed by atoms with Gasteiger partial charge in [0.1, 0.15) is 0 Å². The van der Waals surface area contributed by atoms with Crippen LogP contribution in [0.3, 0.4) is 0 Å². The maximum Gasteiger partial charge on any atom is 0.000139 e. The summed E-state index contributed by atoms with van der Waals surface area (Å²) < 4.78 is 0. The molecule has 0 spiro atoms. The van der Waals surface area contributed by atoms with Gasteiger partial charge in [0, 0.05) is 6.54 Å². The highest BCUT2D eigenvalue weighted by Crippen LogP contribution is 1.99. The van der Waals surface area contributed by atoms with E-state index in [9.17, 15) is 0 Å². The number of nitrogens with two attached hydrogens (primary N) is 1. The van der Waals surface area contributed by atoms with E-state index >= 15 is 0 Å². The van der Waals surface area contributed by atoms with Crippen LogP contribution in [0, 0.1) is 5.92 Å². The smallest absolute Gasteiger partial charge is 0.000139 e. The van der Waals surface area contributed by atoms with Crippen LogP contribution >= 0.6 is 0 Å². The van der Waals surface area contributed by atoms with E-state index in [1.807, 2.05) is 0 Å². The molecule has 0 heterocycles. The summed E-state index contributed by atoms with van der Waals surface area (Å²) >= 11 is 0. The highest BCUT2D eigenvalue weighted by atomic mass is 15.1. The Kier molecular flexibility index (Phi) is 4.72. The molecule has 0 aliphatic carbocycles. The minimum atomic E-state index is 0.741. The van der Waals surface area contributed by atoms with Crippen LogP contribution in [-0.2, 0) is 0 Å². The largest absolute Gasteiger partial charge is 0.330 e. The van der Waals surface area contributed by atoms with E-state index in [0.29, 0.717) is 0 Å². The van der Waals surface area contributed by atoms with Crippen LogP contribution in [0.25, 0.3) is 0 Å². The molecule has 0 aliphatic heterocycles. The zero-order valence-corrected chi connectivity index (χ0v) is 6.72. The van der Waals surface area contributed by atoms with Crippen molar-refractivity contribution >= 4 is 0 Å². The lowest BCUT2D eigenvalue weighted by Crippen LogP contribution is -2.21. The number of rotatable bonds is 4. The molecule has 0 saturated carbocycles. The first-order chi connectivity index (χ1) is 4.16. The summed E-state index contributed by atoms with van der Waals surface area (Å²) in [5.74, 6) is 0.741. The molecule has 56 valence electrons. The van der Waals surface area contributed by atoms with E-state index in [4.69, 9.17) is 5.73 Å². The Morgan fingerprint density at radius 2 is 2.00 bits per heavy atom. The molecule has 2 nitrogen and oxygen atoms in total. The first-order valence-corrected chi connectivity index (χ1v) is 3.51. The van der Waals surface area contributed by atoms with Crippen LogP contribution in [0.4, 0.5) is 0 Å². The first kappa shape index (κ1) is 8.92. The molecule has 0 aromatic rings. The Morgan fingerprint density at radius 1 is 1.44 bits per heavy atom. The highest BCUT2D eigenvalue weighted by Gasteiger charge is 2.00. The van der Waals surface area contributed by atoms with Gasteiger partial charge >= 0.3 is 0 Å². The van der Waals surface area contributed by atoms with Crippen LogP contribution in [0.15, 0.2) is 0 Å². The molecule has 0 fully saturated rings. The molecular formula is C7H18N2. The van der Waals surface area contributed by atoms with Crippen LogP contribution in [0.2, 0.25) is 0 Å². The van der Waals surface area contributed by atoms with Gasteiger partial charge in [-0.3, -0.25) is 0 Å². The summed E-state index contributed by atoms with van der Waals surface area (Å²) in [6.45, 7) is 4.19. The van der Waals surface area contributed by atoms with Crippen molar-refractivity contribution in [2.75, 3.05) is 27.2 Å². The predicted molar refractivity (Wildman–Crippen MR) is 41.4 cm³/mol. The molecule has 0 amide bonds. The van der Waals surface area contributed by atoms with Gasteiger partial charge in [0.15, 0.2) is 0 Å². The van der Waals surface area contributed by atoms with Crippen molar-refractivity contribution in [1.29, 1.82) is 0 Å². The Bertz CT molecular complexity index is 61.9. The van der Waals surface area contributed by atoms with Gasteiger partial charge in [0.25, 0.3) is 0 Å². The molecule has 0 saturated heterocycles. The van der Waals surface area contributed by atoms with Crippen molar-refractivity contribution < 1.29 is 0 Å². The second-order valence-corrected chi connectivity index (χ2v) is 2.94. The van der Waals surface area contributed by atoms with E-state index in [1.165, 1.54) is 0 Å². The maximum absolute atomic E-state index is 5.39. The second kappa shape index (κ2) is 4.77. The highest BCUT2D eigenvalue weighted by molar-refractivity contribution is 4.55. The number of hydrogen-bond donors (Lipinski definition) is 1. The third-order valence-electron chi connectivity index (χ3n) is 1.34. The Balaban J connectivity index is 3.15. The standard InChI is InChI=1S/C7H18N2/c1-7(4-5-8)6-9(2)3/h7H,4-6,8H2,1-3H3. The van der Waals surface area contributed by atoms with Crippen molar-refractivity contribution in [3.63, 3.8) is 0 Å². The molecule has 0 aromatic heterocycles. The molecule has 2 heteroatoms. The van der Waals surface area contributed by atoms with Crippen molar-refractivity contribution in [3.8, 4) is 0 Å². The monoisotopic (exact) mass is 130 g/mol. The summed E-state index contributed by atoms with van der Waals surface area (Å²) in [5.41, 5.74) is 5.39. The molecule has 0 bridgehead atoms. The van der Waals surface area contributed by atoms with Crippen molar-refractivity contribution in [1.82, 2.24) is 4.90 Å². The minimum absolute atomic E-state index is 0.741. The van der Waals surface area contributed by atoms with E-state index in [2.05, 4.69) is 25.9 Å². The predicted octanol–water partition coefficient (Wildman–Crippen LogP) is 0.533. The first-order valence-electron chi connectivity index (χ1n) is 3.51. The third-order valence-corrected chi connectivity index (χ3v) is 1.34. The van der Waals surface area contributed by atoms with Gasteiger partial charge in [-0.15, -0.1) is 0 Å². The molecule has 9 heavy (non-hydrogen) atoms. The lowest BCUT2D eigenvalue weighted by molar-refractivity contribution is 0.330. The van der Waals surface area contributed by atoms with Gasteiger partial charge in [0.05, 0.1) is 0 Å². The van der Waals surface area contributed by atoms with Gasteiger partial charge < -0.3 is 10.6 Å². The fourth-order valence-corrected chi connectivity index (χ4v) is 0.999. The number of hydrogen-bond acceptors (Lipinski definition) is 2. The summed E-state index contributed by atoms with van der Waals surface area (Å²) in [6, 6.07) is 0. The molecule has 0 aliphatic rings. The molecule has 2 N–H and O–H groups in total. The van der Waals surface area contributed by atoms with Crippen molar-refractivity contribution in [2.45, 2.75) is 13.3 Å². The topological polar surface area (TPSA) is 29.3 Å². The van der Waals surface area contributed by atoms with Gasteiger partial charge in [-0.25, -0.2) is 0 Å². The van der Waals surface area contributed by atoms with E-state index in [-0.39, 0.29) is 0 Å². The molecule has 0 aromatic carbocycles. The van der Waals surface area contributed by atoms with Crippen LogP contribution in [-0.4, -0.2) is 32.1 Å². The van der Waals surface area contributed by atoms with Gasteiger partial charge in [-0.05, 0) is 33.0 Å². The van der Waals surface area contributed by atoms with Gasteiger partial charge in [0.2, 0.25) is 0 Å². The van der Waals surface area contributed by atoms with Gasteiger partial charge in [-0.1, -0.05) is 6.92 Å². The van der Waals surface area contributed by atoms with Gasteiger partial charge in [-0.2, -0.15) is 0 Å². The molecule has 0 radical (unpaired) electrons. The Labute approximate surface area is 58.0 Å². The van der Waals surface area contributed by atoms with Crippen LogP contribution < -0.4 is 5.73 Å². The summed E-state index contributed by atoms with van der Waals surface area (Å²) in [4.78, 5) is 2.19. The summed E-state index contributed by atoms with van der Waals surface area (Å²) in [5, 5.41) is 0. The second-order valence-electron chi connectivity index (χ2n) is 2.94. The van der Waals surface area contributed by atoms with E-state index in [0.717, 1.165) is 25.4 Å². The molecular weight excluding hydrogens is 112 g/mol. The fourth-order valence-electron chi connectivity index (χ4n) is 0.999. The van der Waals surface area contributed by atoms with Crippen LogP contribution in [0.1, 0.15) is 13.3 Å². The lowest BCUT2D eigenvalue weighted by Gasteiger charge is -2.15. The quantitative estimate of drug-likeness (QED) is 0.601. The minimum Gasteiger partial charge on any atom is -0.330 e. The molecule has 1 unspecified atom stereocenters. The number of nitrogens with zero attached hydrogens (tertiary/aromatic N) is 1. The summed E-state index contributed by atoms with van der Waals surface area (Å²) in [7, 11) is 4.18. The van der Waals surface area contributed by atoms with Crippen molar-refractivity contribution in [2.24, 2.45) is 11.7 Å². The Morgan fingerprint density at radius 3 is 2.33 bits per heavy atom. The van der Waals surface area contributed by atoms with E-state index in [1.54, 1.807) is 0 Å². The van der Waals surface area contributed by atoms with Crippen molar-refractivity contribution in [3.05, 3.63) is 0 Å². The lowest BCUT2D eigenvalue weighted by atomic mass is 10.1. The SMILES string of the molecule is CC(CCN)CN(C)C. The maximum atomic E-state index is 5.39. The fraction of sp³-hybridized carbons (Fsp3) is 1.00. The van der Waals surface area contributed by atoms with Crippen LogP contribution in [0.5, 0.6) is 0 Å². The van der Waals surface area contributed by atoms with E-state index < -0.39 is 0 Å². The molecule has 1 atom stereocenters. The third kappa shape index (κ3) is 5.80. The average Bonchev–Trinajstić information content (AvgIpc) is 1.63. The Hall–Kier alpha value is -0.0800. The zero-order valence-electron chi connectivity index (χ0n) is 6.72. The normalized spacial score (nSPS) is 14.3. The zero-order chi connectivity index (χ0) is 7.28. The summed E-state index contributed by atoms with van der Waals surface area (Å²) in [6.07, 6.45) is 1.14. The molecule has 0 rings (SSSR count).